The third-order valence-electron chi connectivity index (χ3n) is 3.61. The zero-order valence-corrected chi connectivity index (χ0v) is 8.94. The van der Waals surface area contributed by atoms with E-state index in [0.29, 0.717) is 0 Å². The lowest BCUT2D eigenvalue weighted by Gasteiger charge is -2.50. The zero-order chi connectivity index (χ0) is 10.5. The van der Waals surface area contributed by atoms with Crippen LogP contribution in [0.25, 0.3) is 0 Å². The number of fused-ring (bicyclic) bond motifs is 1. The average Bonchev–Trinajstić information content (AvgIpc) is 2.16. The molecule has 1 saturated carbocycles. The van der Waals surface area contributed by atoms with Crippen LogP contribution in [0, 0.1) is 5.92 Å². The first-order valence-corrected chi connectivity index (χ1v) is 5.65. The Morgan fingerprint density at radius 2 is 2.00 bits per heavy atom. The summed E-state index contributed by atoms with van der Waals surface area (Å²) in [6, 6.07) is 7.83. The molecule has 1 atom stereocenters. The largest absolute Gasteiger partial charge is 0.487 e. The van der Waals surface area contributed by atoms with E-state index in [-0.39, 0.29) is 11.7 Å². The van der Waals surface area contributed by atoms with E-state index >= 15 is 0 Å². The number of aliphatic hydroxyl groups is 1. The van der Waals surface area contributed by atoms with E-state index in [1.165, 1.54) is 0 Å². The van der Waals surface area contributed by atoms with E-state index in [2.05, 4.69) is 6.92 Å². The van der Waals surface area contributed by atoms with Crippen molar-refractivity contribution < 1.29 is 9.84 Å². The lowest BCUT2D eigenvalue weighted by molar-refractivity contribution is -0.0925. The average molecular weight is 204 g/mol. The van der Waals surface area contributed by atoms with Gasteiger partial charge in [0.25, 0.3) is 0 Å². The summed E-state index contributed by atoms with van der Waals surface area (Å²) in [7, 11) is 0. The topological polar surface area (TPSA) is 29.5 Å². The first-order valence-electron chi connectivity index (χ1n) is 5.65. The van der Waals surface area contributed by atoms with Gasteiger partial charge >= 0.3 is 0 Å². The van der Waals surface area contributed by atoms with Crippen molar-refractivity contribution in [2.45, 2.75) is 37.9 Å². The van der Waals surface area contributed by atoms with E-state index in [1.54, 1.807) is 0 Å². The molecule has 1 aromatic carbocycles. The van der Waals surface area contributed by atoms with Crippen LogP contribution >= 0.6 is 0 Å². The summed E-state index contributed by atoms with van der Waals surface area (Å²) in [5, 5.41) is 10.1. The minimum atomic E-state index is -0.345. The summed E-state index contributed by atoms with van der Waals surface area (Å²) in [4.78, 5) is 0. The predicted octanol–water partition coefficient (Wildman–Crippen LogP) is 2.67. The summed E-state index contributed by atoms with van der Waals surface area (Å²) in [5.41, 5.74) is 0.885. The lowest BCUT2D eigenvalue weighted by atomic mass is 9.67. The Balaban J connectivity index is 1.93. The van der Waals surface area contributed by atoms with Crippen LogP contribution in [0.3, 0.4) is 0 Å². The van der Waals surface area contributed by atoms with Crippen LogP contribution in [0.4, 0.5) is 0 Å². The monoisotopic (exact) mass is 204 g/mol. The fourth-order valence-corrected chi connectivity index (χ4v) is 3.05. The molecule has 1 aliphatic heterocycles. The SMILES string of the molecule is CC1CC2(C1)C[C@H](O)c1ccccc1O2. The van der Waals surface area contributed by atoms with Crippen LogP contribution in [0.1, 0.15) is 37.9 Å². The second-order valence-corrected chi connectivity index (χ2v) is 5.06. The van der Waals surface area contributed by atoms with Gasteiger partial charge < -0.3 is 9.84 Å². The Hall–Kier alpha value is -1.02. The maximum Gasteiger partial charge on any atom is 0.125 e. The minimum absolute atomic E-state index is 0.0623. The molecule has 0 unspecified atom stereocenters. The van der Waals surface area contributed by atoms with Crippen molar-refractivity contribution in [3.05, 3.63) is 29.8 Å². The van der Waals surface area contributed by atoms with Gasteiger partial charge in [-0.15, -0.1) is 0 Å². The number of hydrogen-bond donors (Lipinski definition) is 1. The first kappa shape index (κ1) is 9.22. The summed E-state index contributed by atoms with van der Waals surface area (Å²) in [6.07, 6.45) is 2.58. The first-order chi connectivity index (χ1) is 7.19. The number of para-hydroxylation sites is 1. The fourth-order valence-electron chi connectivity index (χ4n) is 3.05. The molecule has 0 bridgehead atoms. The molecule has 1 heterocycles. The highest BCUT2D eigenvalue weighted by atomic mass is 16.5. The molecule has 1 spiro atoms. The number of benzene rings is 1. The van der Waals surface area contributed by atoms with Crippen LogP contribution < -0.4 is 4.74 Å². The summed E-state index contributed by atoms with van der Waals surface area (Å²) >= 11 is 0. The fraction of sp³-hybridized carbons (Fsp3) is 0.538. The van der Waals surface area contributed by atoms with Crippen molar-refractivity contribution in [1.82, 2.24) is 0 Å². The number of rotatable bonds is 0. The van der Waals surface area contributed by atoms with Gasteiger partial charge in [0.1, 0.15) is 11.4 Å². The standard InChI is InChI=1S/C13H16O2/c1-9-6-13(7-9)8-11(14)10-4-2-3-5-12(10)15-13/h2-5,9,11,14H,6-8H2,1H3/t9?,11-,13?/m0/s1. The van der Waals surface area contributed by atoms with Gasteiger partial charge in [-0.25, -0.2) is 0 Å². The smallest absolute Gasteiger partial charge is 0.125 e. The summed E-state index contributed by atoms with van der Waals surface area (Å²) in [5.74, 6) is 1.62. The van der Waals surface area contributed by atoms with Crippen molar-refractivity contribution in [2.75, 3.05) is 0 Å². The highest BCUT2D eigenvalue weighted by Crippen LogP contribution is 2.50. The van der Waals surface area contributed by atoms with Gasteiger partial charge in [0.05, 0.1) is 6.10 Å². The van der Waals surface area contributed by atoms with Crippen molar-refractivity contribution in [1.29, 1.82) is 0 Å². The van der Waals surface area contributed by atoms with Gasteiger partial charge in [0.2, 0.25) is 0 Å². The molecule has 0 radical (unpaired) electrons. The molecule has 80 valence electrons. The van der Waals surface area contributed by atoms with Crippen molar-refractivity contribution in [3.8, 4) is 5.75 Å². The Labute approximate surface area is 89.9 Å². The maximum atomic E-state index is 10.1. The van der Waals surface area contributed by atoms with Crippen LogP contribution in [-0.4, -0.2) is 10.7 Å². The molecule has 1 N–H and O–H groups in total. The number of hydrogen-bond acceptors (Lipinski definition) is 2. The van der Waals surface area contributed by atoms with Gasteiger partial charge in [-0.2, -0.15) is 0 Å². The third kappa shape index (κ3) is 1.36. The minimum Gasteiger partial charge on any atom is -0.487 e. The van der Waals surface area contributed by atoms with Gasteiger partial charge in [0.15, 0.2) is 0 Å². The van der Waals surface area contributed by atoms with Crippen molar-refractivity contribution >= 4 is 0 Å². The van der Waals surface area contributed by atoms with Crippen molar-refractivity contribution in [2.24, 2.45) is 5.92 Å². The Bertz CT molecular complexity index is 380. The summed E-state index contributed by atoms with van der Waals surface area (Å²) in [6.45, 7) is 2.24. The van der Waals surface area contributed by atoms with Crippen LogP contribution in [0.15, 0.2) is 24.3 Å². The molecule has 15 heavy (non-hydrogen) atoms. The molecule has 1 aromatic rings. The quantitative estimate of drug-likeness (QED) is 0.704. The molecule has 1 aliphatic carbocycles. The Morgan fingerprint density at radius 1 is 1.27 bits per heavy atom. The Kier molecular flexibility index (Phi) is 1.84. The molecular formula is C13H16O2. The Morgan fingerprint density at radius 3 is 2.73 bits per heavy atom. The second kappa shape index (κ2) is 2.99. The zero-order valence-electron chi connectivity index (χ0n) is 8.94. The van der Waals surface area contributed by atoms with E-state index in [0.717, 1.165) is 36.5 Å². The van der Waals surface area contributed by atoms with Gasteiger partial charge in [-0.3, -0.25) is 0 Å². The van der Waals surface area contributed by atoms with E-state index < -0.39 is 0 Å². The molecule has 0 amide bonds. The van der Waals surface area contributed by atoms with Crippen LogP contribution in [0.2, 0.25) is 0 Å². The highest BCUT2D eigenvalue weighted by Gasteiger charge is 2.48. The molecule has 1 fully saturated rings. The van der Waals surface area contributed by atoms with E-state index in [1.807, 2.05) is 24.3 Å². The van der Waals surface area contributed by atoms with Crippen LogP contribution in [0.5, 0.6) is 5.75 Å². The number of aliphatic hydroxyl groups excluding tert-OH is 1. The molecule has 3 rings (SSSR count). The predicted molar refractivity (Wildman–Crippen MR) is 57.8 cm³/mol. The maximum absolute atomic E-state index is 10.1. The van der Waals surface area contributed by atoms with Crippen LogP contribution in [-0.2, 0) is 0 Å². The highest BCUT2D eigenvalue weighted by molar-refractivity contribution is 5.38. The summed E-state index contributed by atoms with van der Waals surface area (Å²) < 4.78 is 6.04. The molecule has 2 nitrogen and oxygen atoms in total. The third-order valence-corrected chi connectivity index (χ3v) is 3.61. The van der Waals surface area contributed by atoms with Gasteiger partial charge in [0, 0.05) is 12.0 Å². The molecular weight excluding hydrogens is 188 g/mol. The molecule has 2 heteroatoms. The van der Waals surface area contributed by atoms with E-state index in [9.17, 15) is 5.11 Å². The van der Waals surface area contributed by atoms with E-state index in [4.69, 9.17) is 4.74 Å². The second-order valence-electron chi connectivity index (χ2n) is 5.06. The van der Waals surface area contributed by atoms with Gasteiger partial charge in [-0.1, -0.05) is 25.1 Å². The molecule has 0 aromatic heterocycles. The number of ether oxygens (including phenoxy) is 1. The van der Waals surface area contributed by atoms with Gasteiger partial charge in [-0.05, 0) is 24.8 Å². The van der Waals surface area contributed by atoms with Crippen molar-refractivity contribution in [3.63, 3.8) is 0 Å². The normalized spacial score (nSPS) is 38.0. The lowest BCUT2D eigenvalue weighted by Crippen LogP contribution is -2.50. The molecule has 2 aliphatic rings. The molecule has 0 saturated heterocycles.